The third-order valence-corrected chi connectivity index (χ3v) is 5.98. The van der Waals surface area contributed by atoms with Crippen LogP contribution in [0.15, 0.2) is 30.6 Å². The molecule has 182 valence electrons. The molecule has 3 heterocycles. The summed E-state index contributed by atoms with van der Waals surface area (Å²) in [6.07, 6.45) is 1.29. The van der Waals surface area contributed by atoms with Crippen molar-refractivity contribution in [2.75, 3.05) is 37.7 Å². The summed E-state index contributed by atoms with van der Waals surface area (Å²) in [6, 6.07) is 6.16. The van der Waals surface area contributed by atoms with Crippen LogP contribution in [-0.4, -0.2) is 78.5 Å². The number of imidazole rings is 1. The van der Waals surface area contributed by atoms with Gasteiger partial charge in [-0.2, -0.15) is 9.97 Å². The zero-order valence-corrected chi connectivity index (χ0v) is 19.0. The standard InChI is InChI=1S/C22H30N8O4/c1-22(33)9-14(31)10-29(20(32)13-4-2-5-15(8-13)34-7-3-6-23)11-16(22)30-12-26-17-18(24)27-21(25)28-19(17)30/h2,4-5,8,12,14,16,31,33H,3,6-7,9-11,23H2,1H3,(H4,24,25,27,28)/t14-,16+,22+/m0/s1. The van der Waals surface area contributed by atoms with Crippen molar-refractivity contribution in [2.24, 2.45) is 5.73 Å². The van der Waals surface area contributed by atoms with Crippen molar-refractivity contribution in [3.8, 4) is 5.75 Å². The summed E-state index contributed by atoms with van der Waals surface area (Å²) < 4.78 is 7.30. The molecule has 0 spiro atoms. The van der Waals surface area contributed by atoms with E-state index in [1.165, 1.54) is 11.2 Å². The van der Waals surface area contributed by atoms with Crippen molar-refractivity contribution in [3.05, 3.63) is 36.2 Å². The smallest absolute Gasteiger partial charge is 0.254 e. The maximum absolute atomic E-state index is 13.4. The monoisotopic (exact) mass is 470 g/mol. The molecule has 3 aromatic rings. The van der Waals surface area contributed by atoms with Gasteiger partial charge in [-0.1, -0.05) is 6.07 Å². The minimum atomic E-state index is -1.39. The first kappa shape index (κ1) is 23.7. The summed E-state index contributed by atoms with van der Waals surface area (Å²) in [5.74, 6) is 0.346. The number of amides is 1. The Bertz CT molecular complexity index is 1180. The lowest BCUT2D eigenvalue weighted by atomic mass is 9.91. The highest BCUT2D eigenvalue weighted by Gasteiger charge is 2.42. The van der Waals surface area contributed by atoms with Crippen molar-refractivity contribution in [2.45, 2.75) is 37.5 Å². The van der Waals surface area contributed by atoms with Crippen LogP contribution in [0, 0.1) is 0 Å². The van der Waals surface area contributed by atoms with Crippen molar-refractivity contribution < 1.29 is 19.7 Å². The quantitative estimate of drug-likeness (QED) is 0.304. The second-order valence-corrected chi connectivity index (χ2v) is 8.75. The molecule has 1 aromatic carbocycles. The highest BCUT2D eigenvalue weighted by molar-refractivity contribution is 5.94. The zero-order chi connectivity index (χ0) is 24.5. The van der Waals surface area contributed by atoms with Crippen LogP contribution in [-0.2, 0) is 0 Å². The minimum absolute atomic E-state index is 0.0283. The minimum Gasteiger partial charge on any atom is -0.494 e. The topological polar surface area (TPSA) is 192 Å². The van der Waals surface area contributed by atoms with E-state index < -0.39 is 17.7 Å². The fourth-order valence-corrected chi connectivity index (χ4v) is 4.32. The Balaban J connectivity index is 1.67. The van der Waals surface area contributed by atoms with Crippen molar-refractivity contribution in [1.29, 1.82) is 0 Å². The van der Waals surface area contributed by atoms with Gasteiger partial charge in [0.2, 0.25) is 5.95 Å². The van der Waals surface area contributed by atoms with E-state index in [1.807, 2.05) is 0 Å². The lowest BCUT2D eigenvalue weighted by Gasteiger charge is -2.34. The first-order valence-corrected chi connectivity index (χ1v) is 11.1. The van der Waals surface area contributed by atoms with Gasteiger partial charge in [0.25, 0.3) is 5.91 Å². The Morgan fingerprint density at radius 1 is 1.29 bits per heavy atom. The number of ether oxygens (including phenoxy) is 1. The van der Waals surface area contributed by atoms with Crippen LogP contribution >= 0.6 is 0 Å². The van der Waals surface area contributed by atoms with Crippen LogP contribution in [0.2, 0.25) is 0 Å². The van der Waals surface area contributed by atoms with E-state index in [0.29, 0.717) is 42.0 Å². The van der Waals surface area contributed by atoms with Gasteiger partial charge in [-0.05, 0) is 38.1 Å². The summed E-state index contributed by atoms with van der Waals surface area (Å²) in [4.78, 5) is 27.4. The molecule has 8 N–H and O–H groups in total. The molecule has 0 bridgehead atoms. The average Bonchev–Trinajstić information content (AvgIpc) is 3.14. The van der Waals surface area contributed by atoms with Gasteiger partial charge in [0, 0.05) is 25.1 Å². The lowest BCUT2D eigenvalue weighted by molar-refractivity contribution is -0.0217. The lowest BCUT2D eigenvalue weighted by Crippen LogP contribution is -2.42. The van der Waals surface area contributed by atoms with Crippen LogP contribution in [0.25, 0.3) is 11.2 Å². The van der Waals surface area contributed by atoms with Gasteiger partial charge < -0.3 is 41.6 Å². The highest BCUT2D eigenvalue weighted by atomic mass is 16.5. The fourth-order valence-electron chi connectivity index (χ4n) is 4.32. The SMILES string of the molecule is C[C@@]1(O)C[C@H](O)CN(C(=O)c2cccc(OCCCN)c2)C[C@H]1n1cnc2c(N)nc(N)nc21. The van der Waals surface area contributed by atoms with E-state index in [2.05, 4.69) is 15.0 Å². The van der Waals surface area contributed by atoms with Crippen LogP contribution < -0.4 is 21.9 Å². The largest absolute Gasteiger partial charge is 0.494 e. The van der Waals surface area contributed by atoms with E-state index in [-0.39, 0.29) is 37.2 Å². The van der Waals surface area contributed by atoms with Gasteiger partial charge in [0.05, 0.1) is 30.7 Å². The van der Waals surface area contributed by atoms with Gasteiger partial charge in [0.15, 0.2) is 11.5 Å². The number of fused-ring (bicyclic) bond motifs is 1. The predicted octanol–water partition coefficient (Wildman–Crippen LogP) is -0.0826. The number of carbonyl (C=O) groups excluding carboxylic acids is 1. The summed E-state index contributed by atoms with van der Waals surface area (Å²) in [5.41, 5.74) is 16.9. The molecule has 0 radical (unpaired) electrons. The number of hydrogen-bond acceptors (Lipinski definition) is 10. The van der Waals surface area contributed by atoms with E-state index in [4.69, 9.17) is 21.9 Å². The normalized spacial score (nSPS) is 23.1. The molecular formula is C22H30N8O4. The van der Waals surface area contributed by atoms with Crippen molar-refractivity contribution in [1.82, 2.24) is 24.4 Å². The van der Waals surface area contributed by atoms with Gasteiger partial charge in [-0.25, -0.2) is 4.98 Å². The molecule has 34 heavy (non-hydrogen) atoms. The average molecular weight is 471 g/mol. The number of nitrogens with zero attached hydrogens (tertiary/aromatic N) is 5. The molecule has 12 nitrogen and oxygen atoms in total. The zero-order valence-electron chi connectivity index (χ0n) is 19.0. The Kier molecular flexibility index (Phi) is 6.55. The number of carbonyl (C=O) groups is 1. The number of rotatable bonds is 6. The van der Waals surface area contributed by atoms with Crippen LogP contribution in [0.4, 0.5) is 11.8 Å². The molecule has 0 aliphatic carbocycles. The number of likely N-dealkylation sites (tertiary alicyclic amines) is 1. The van der Waals surface area contributed by atoms with Crippen molar-refractivity contribution in [3.63, 3.8) is 0 Å². The third kappa shape index (κ3) is 4.74. The second kappa shape index (κ2) is 9.41. The van der Waals surface area contributed by atoms with Gasteiger partial charge >= 0.3 is 0 Å². The number of benzene rings is 1. The van der Waals surface area contributed by atoms with Crippen LogP contribution in [0.1, 0.15) is 36.2 Å². The molecule has 1 saturated heterocycles. The summed E-state index contributed by atoms with van der Waals surface area (Å²) >= 11 is 0. The molecular weight excluding hydrogens is 440 g/mol. The van der Waals surface area contributed by atoms with Gasteiger partial charge in [-0.15, -0.1) is 0 Å². The summed E-state index contributed by atoms with van der Waals surface area (Å²) in [7, 11) is 0. The first-order valence-electron chi connectivity index (χ1n) is 11.1. The molecule has 0 unspecified atom stereocenters. The Labute approximate surface area is 196 Å². The number of aliphatic hydroxyl groups excluding tert-OH is 1. The maximum Gasteiger partial charge on any atom is 0.254 e. The molecule has 1 aliphatic heterocycles. The first-order chi connectivity index (χ1) is 16.2. The molecule has 1 fully saturated rings. The second-order valence-electron chi connectivity index (χ2n) is 8.75. The van der Waals surface area contributed by atoms with Crippen molar-refractivity contribution >= 4 is 28.8 Å². The summed E-state index contributed by atoms with van der Waals surface area (Å²) in [5, 5.41) is 21.9. The number of hydrogen-bond donors (Lipinski definition) is 5. The van der Waals surface area contributed by atoms with Crippen LogP contribution in [0.5, 0.6) is 5.75 Å². The predicted molar refractivity (Wildman–Crippen MR) is 126 cm³/mol. The molecule has 3 atom stereocenters. The number of nitrogen functional groups attached to an aromatic ring is 2. The Morgan fingerprint density at radius 2 is 2.09 bits per heavy atom. The Hall–Kier alpha value is -3.48. The van der Waals surface area contributed by atoms with E-state index >= 15 is 0 Å². The number of aromatic nitrogens is 4. The number of nitrogens with two attached hydrogens (primary N) is 3. The highest BCUT2D eigenvalue weighted by Crippen LogP contribution is 2.34. The molecule has 2 aromatic heterocycles. The molecule has 12 heteroatoms. The maximum atomic E-state index is 13.4. The van der Waals surface area contributed by atoms with Gasteiger partial charge in [-0.3, -0.25) is 4.79 Å². The number of anilines is 2. The number of β-amino-alcohol motifs (C(OH)–C–C–N with tert-alkyl or cyclic N) is 1. The Morgan fingerprint density at radius 3 is 2.85 bits per heavy atom. The number of aliphatic hydroxyl groups is 2. The summed E-state index contributed by atoms with van der Waals surface area (Å²) in [6.45, 7) is 2.71. The van der Waals surface area contributed by atoms with Crippen LogP contribution in [0.3, 0.4) is 0 Å². The molecule has 1 amide bonds. The third-order valence-electron chi connectivity index (χ3n) is 5.98. The molecule has 0 saturated carbocycles. The van der Waals surface area contributed by atoms with E-state index in [0.717, 1.165) is 0 Å². The fraction of sp³-hybridized carbons (Fsp3) is 0.455. The molecule has 1 aliphatic rings. The molecule has 4 rings (SSSR count). The van der Waals surface area contributed by atoms with E-state index in [1.54, 1.807) is 35.8 Å². The van der Waals surface area contributed by atoms with Gasteiger partial charge in [0.1, 0.15) is 11.3 Å². The van der Waals surface area contributed by atoms with E-state index in [9.17, 15) is 15.0 Å².